The number of anilines is 1. The lowest BCUT2D eigenvalue weighted by Gasteiger charge is -2.05. The number of halogens is 1. The van der Waals surface area contributed by atoms with Crippen LogP contribution in [0.25, 0.3) is 0 Å². The number of aryl methyl sites for hydroxylation is 1. The maximum Gasteiger partial charge on any atom is 0.320 e. The topological polar surface area (TPSA) is 59.0 Å². The molecule has 2 aromatic rings. The number of hydrogen-bond acceptors (Lipinski definition) is 2. The van der Waals surface area contributed by atoms with E-state index in [1.807, 2.05) is 12.1 Å². The van der Waals surface area contributed by atoms with Crippen molar-refractivity contribution in [1.82, 2.24) is 15.1 Å². The molecule has 0 bridgehead atoms. The van der Waals surface area contributed by atoms with Crippen molar-refractivity contribution in [2.45, 2.75) is 6.54 Å². The Labute approximate surface area is 110 Å². The summed E-state index contributed by atoms with van der Waals surface area (Å²) in [6, 6.07) is 8.74. The Bertz CT molecular complexity index is 535. The summed E-state index contributed by atoms with van der Waals surface area (Å²) in [5.74, 6) is 0.520. The van der Waals surface area contributed by atoms with E-state index in [9.17, 15) is 4.79 Å². The number of carbonyl (C=O) groups excluding carboxylic acids is 1. The second-order valence-corrected chi connectivity index (χ2v) is 4.25. The molecule has 18 heavy (non-hydrogen) atoms. The molecular weight excluding hydrogens is 252 g/mol. The standard InChI is InChI=1S/C12H13ClN4O/c1-17-7-6-11(16-17)15-12(18)14-8-9-2-4-10(13)5-3-9/h2-7H,8H2,1H3,(H2,14,15,16,18). The maximum atomic E-state index is 11.6. The number of nitrogens with zero attached hydrogens (tertiary/aromatic N) is 2. The minimum atomic E-state index is -0.288. The summed E-state index contributed by atoms with van der Waals surface area (Å²) < 4.78 is 1.62. The van der Waals surface area contributed by atoms with Gasteiger partial charge < -0.3 is 5.32 Å². The summed E-state index contributed by atoms with van der Waals surface area (Å²) in [6.45, 7) is 0.440. The van der Waals surface area contributed by atoms with Crippen molar-refractivity contribution in [1.29, 1.82) is 0 Å². The number of aromatic nitrogens is 2. The molecule has 1 aromatic heterocycles. The molecule has 0 radical (unpaired) electrons. The fraction of sp³-hybridized carbons (Fsp3) is 0.167. The molecule has 0 saturated carbocycles. The highest BCUT2D eigenvalue weighted by molar-refractivity contribution is 6.30. The van der Waals surface area contributed by atoms with Gasteiger partial charge in [-0.2, -0.15) is 5.10 Å². The second-order valence-electron chi connectivity index (χ2n) is 3.81. The van der Waals surface area contributed by atoms with Crippen molar-refractivity contribution in [2.24, 2.45) is 7.05 Å². The van der Waals surface area contributed by atoms with Gasteiger partial charge >= 0.3 is 6.03 Å². The first-order chi connectivity index (χ1) is 8.63. The van der Waals surface area contributed by atoms with Crippen LogP contribution in [0.2, 0.25) is 5.02 Å². The Hall–Kier alpha value is -2.01. The maximum absolute atomic E-state index is 11.6. The lowest BCUT2D eigenvalue weighted by Crippen LogP contribution is -2.28. The van der Waals surface area contributed by atoms with Gasteiger partial charge in [0.15, 0.2) is 5.82 Å². The lowest BCUT2D eigenvalue weighted by atomic mass is 10.2. The largest absolute Gasteiger partial charge is 0.334 e. The first-order valence-corrected chi connectivity index (χ1v) is 5.80. The third-order valence-corrected chi connectivity index (χ3v) is 2.57. The number of amides is 2. The molecule has 94 valence electrons. The van der Waals surface area contributed by atoms with Crippen LogP contribution in [0.4, 0.5) is 10.6 Å². The van der Waals surface area contributed by atoms with Gasteiger partial charge in [0.2, 0.25) is 0 Å². The van der Waals surface area contributed by atoms with Crippen molar-refractivity contribution in [3.05, 3.63) is 47.1 Å². The average molecular weight is 265 g/mol. The van der Waals surface area contributed by atoms with Crippen LogP contribution < -0.4 is 10.6 Å². The van der Waals surface area contributed by atoms with E-state index in [-0.39, 0.29) is 6.03 Å². The van der Waals surface area contributed by atoms with E-state index in [4.69, 9.17) is 11.6 Å². The summed E-state index contributed by atoms with van der Waals surface area (Å²) in [4.78, 5) is 11.6. The van der Waals surface area contributed by atoms with Crippen LogP contribution in [0.1, 0.15) is 5.56 Å². The minimum Gasteiger partial charge on any atom is -0.334 e. The molecular formula is C12H13ClN4O. The van der Waals surface area contributed by atoms with Crippen molar-refractivity contribution in [3.63, 3.8) is 0 Å². The smallest absolute Gasteiger partial charge is 0.320 e. The van der Waals surface area contributed by atoms with Gasteiger partial charge in [0.1, 0.15) is 0 Å². The Kier molecular flexibility index (Phi) is 3.84. The Morgan fingerprint density at radius 3 is 2.67 bits per heavy atom. The highest BCUT2D eigenvalue weighted by Crippen LogP contribution is 2.09. The van der Waals surface area contributed by atoms with E-state index in [1.54, 1.807) is 36.1 Å². The molecule has 0 atom stereocenters. The van der Waals surface area contributed by atoms with E-state index in [0.717, 1.165) is 5.56 Å². The number of hydrogen-bond donors (Lipinski definition) is 2. The Morgan fingerprint density at radius 2 is 2.06 bits per heavy atom. The normalized spacial score (nSPS) is 10.1. The van der Waals surface area contributed by atoms with Gasteiger partial charge in [0, 0.05) is 30.9 Å². The lowest BCUT2D eigenvalue weighted by molar-refractivity contribution is 0.251. The van der Waals surface area contributed by atoms with Crippen LogP contribution in [-0.4, -0.2) is 15.8 Å². The van der Waals surface area contributed by atoms with Gasteiger partial charge in [0.25, 0.3) is 0 Å². The van der Waals surface area contributed by atoms with Crippen LogP contribution in [0.15, 0.2) is 36.5 Å². The summed E-state index contributed by atoms with van der Waals surface area (Å²) in [5, 5.41) is 10.1. The molecule has 0 unspecified atom stereocenters. The summed E-state index contributed by atoms with van der Waals surface area (Å²) >= 11 is 5.77. The first kappa shape index (κ1) is 12.4. The molecule has 5 nitrogen and oxygen atoms in total. The van der Waals surface area contributed by atoms with Crippen molar-refractivity contribution in [2.75, 3.05) is 5.32 Å². The SMILES string of the molecule is Cn1ccc(NC(=O)NCc2ccc(Cl)cc2)n1. The molecule has 1 aromatic carbocycles. The predicted octanol–water partition coefficient (Wildman–Crippen LogP) is 2.40. The molecule has 6 heteroatoms. The van der Waals surface area contributed by atoms with Gasteiger partial charge in [-0.1, -0.05) is 23.7 Å². The van der Waals surface area contributed by atoms with Crippen molar-refractivity contribution >= 4 is 23.4 Å². The molecule has 0 spiro atoms. The van der Waals surface area contributed by atoms with Crippen LogP contribution in [0.3, 0.4) is 0 Å². The van der Waals surface area contributed by atoms with E-state index in [2.05, 4.69) is 15.7 Å². The molecule has 1 heterocycles. The molecule has 2 rings (SSSR count). The van der Waals surface area contributed by atoms with Gasteiger partial charge in [-0.25, -0.2) is 4.79 Å². The zero-order valence-electron chi connectivity index (χ0n) is 9.85. The second kappa shape index (κ2) is 5.55. The molecule has 2 amide bonds. The highest BCUT2D eigenvalue weighted by Gasteiger charge is 2.03. The Morgan fingerprint density at radius 1 is 1.33 bits per heavy atom. The van der Waals surface area contributed by atoms with Crippen LogP contribution >= 0.6 is 11.6 Å². The van der Waals surface area contributed by atoms with Crippen LogP contribution in [-0.2, 0) is 13.6 Å². The van der Waals surface area contributed by atoms with E-state index in [1.165, 1.54) is 0 Å². The fourth-order valence-corrected chi connectivity index (χ4v) is 1.55. The van der Waals surface area contributed by atoms with E-state index < -0.39 is 0 Å². The van der Waals surface area contributed by atoms with Crippen molar-refractivity contribution in [3.8, 4) is 0 Å². The number of benzene rings is 1. The summed E-state index contributed by atoms with van der Waals surface area (Å²) in [6.07, 6.45) is 1.76. The third kappa shape index (κ3) is 3.49. The van der Waals surface area contributed by atoms with Crippen molar-refractivity contribution < 1.29 is 4.79 Å². The molecule has 0 aliphatic rings. The molecule has 2 N–H and O–H groups in total. The van der Waals surface area contributed by atoms with Crippen LogP contribution in [0.5, 0.6) is 0 Å². The van der Waals surface area contributed by atoms with E-state index in [0.29, 0.717) is 17.4 Å². The number of rotatable bonds is 3. The van der Waals surface area contributed by atoms with E-state index >= 15 is 0 Å². The molecule has 0 aliphatic carbocycles. The average Bonchev–Trinajstić information content (AvgIpc) is 2.74. The monoisotopic (exact) mass is 264 g/mol. The quantitative estimate of drug-likeness (QED) is 0.894. The molecule has 0 saturated heterocycles. The van der Waals surface area contributed by atoms with Gasteiger partial charge in [-0.3, -0.25) is 10.00 Å². The molecule has 0 fully saturated rings. The highest BCUT2D eigenvalue weighted by atomic mass is 35.5. The predicted molar refractivity (Wildman–Crippen MR) is 70.5 cm³/mol. The number of carbonyl (C=O) groups is 1. The third-order valence-electron chi connectivity index (χ3n) is 2.32. The molecule has 0 aliphatic heterocycles. The first-order valence-electron chi connectivity index (χ1n) is 5.42. The zero-order valence-corrected chi connectivity index (χ0v) is 10.6. The van der Waals surface area contributed by atoms with Gasteiger partial charge in [0.05, 0.1) is 0 Å². The van der Waals surface area contributed by atoms with Gasteiger partial charge in [-0.05, 0) is 17.7 Å². The number of nitrogens with one attached hydrogen (secondary N) is 2. The fourth-order valence-electron chi connectivity index (χ4n) is 1.43. The van der Waals surface area contributed by atoms with Crippen LogP contribution in [0, 0.1) is 0 Å². The van der Waals surface area contributed by atoms with Gasteiger partial charge in [-0.15, -0.1) is 0 Å². The summed E-state index contributed by atoms with van der Waals surface area (Å²) in [5.41, 5.74) is 0.982. The number of urea groups is 1. The Balaban J connectivity index is 1.83. The zero-order chi connectivity index (χ0) is 13.0. The minimum absolute atomic E-state index is 0.288. The summed E-state index contributed by atoms with van der Waals surface area (Å²) in [7, 11) is 1.79.